The van der Waals surface area contributed by atoms with E-state index >= 15 is 0 Å². The minimum Gasteiger partial charge on any atom is -0.494 e. The Labute approximate surface area is 153 Å². The van der Waals surface area contributed by atoms with Crippen molar-refractivity contribution in [3.8, 4) is 5.75 Å². The van der Waals surface area contributed by atoms with Gasteiger partial charge in [0.15, 0.2) is 0 Å². The normalized spacial score (nSPS) is 15.5. The highest BCUT2D eigenvalue weighted by Crippen LogP contribution is 2.13. The number of sulfonamides is 1. The van der Waals surface area contributed by atoms with Crippen LogP contribution in [0, 0.1) is 0 Å². The van der Waals surface area contributed by atoms with E-state index in [0.29, 0.717) is 43.9 Å². The van der Waals surface area contributed by atoms with Crippen molar-refractivity contribution in [3.63, 3.8) is 0 Å². The predicted molar refractivity (Wildman–Crippen MR) is 97.5 cm³/mol. The summed E-state index contributed by atoms with van der Waals surface area (Å²) in [5, 5.41) is 2.61. The minimum atomic E-state index is -3.24. The molecule has 0 radical (unpaired) electrons. The van der Waals surface area contributed by atoms with Crippen LogP contribution in [-0.4, -0.2) is 63.7 Å². The third-order valence-electron chi connectivity index (χ3n) is 4.06. The van der Waals surface area contributed by atoms with Crippen LogP contribution in [0.25, 0.3) is 0 Å². The van der Waals surface area contributed by atoms with Crippen molar-refractivity contribution in [2.75, 3.05) is 32.5 Å². The van der Waals surface area contributed by atoms with Gasteiger partial charge in [-0.2, -0.15) is 0 Å². The summed E-state index contributed by atoms with van der Waals surface area (Å²) >= 11 is 0. The van der Waals surface area contributed by atoms with Crippen LogP contribution < -0.4 is 14.8 Å². The van der Waals surface area contributed by atoms with Crippen LogP contribution in [-0.2, 0) is 14.8 Å². The van der Waals surface area contributed by atoms with E-state index in [9.17, 15) is 18.0 Å². The van der Waals surface area contributed by atoms with Gasteiger partial charge in [0.25, 0.3) is 5.91 Å². The molecule has 0 unspecified atom stereocenters. The molecule has 1 aliphatic rings. The summed E-state index contributed by atoms with van der Waals surface area (Å²) in [4.78, 5) is 26.0. The van der Waals surface area contributed by atoms with E-state index in [2.05, 4.69) is 10.0 Å². The number of nitrogens with one attached hydrogen (secondary N) is 2. The summed E-state index contributed by atoms with van der Waals surface area (Å²) in [7, 11) is -3.24. The summed E-state index contributed by atoms with van der Waals surface area (Å²) in [6.07, 6.45) is 2.25. The Bertz CT molecular complexity index is 725. The predicted octanol–water partition coefficient (Wildman–Crippen LogP) is 0.355. The Balaban J connectivity index is 1.77. The van der Waals surface area contributed by atoms with Crippen LogP contribution in [0.3, 0.4) is 0 Å². The second-order valence-electron chi connectivity index (χ2n) is 6.19. The molecule has 2 rings (SSSR count). The molecule has 0 atom stereocenters. The van der Waals surface area contributed by atoms with E-state index < -0.39 is 10.0 Å². The molecule has 9 heteroatoms. The van der Waals surface area contributed by atoms with Gasteiger partial charge in [0, 0.05) is 24.7 Å². The van der Waals surface area contributed by atoms with Crippen molar-refractivity contribution >= 4 is 21.8 Å². The highest BCUT2D eigenvalue weighted by molar-refractivity contribution is 7.88. The Kier molecular flexibility index (Phi) is 6.98. The number of likely N-dealkylation sites (tertiary alicyclic amines) is 1. The Morgan fingerprint density at radius 1 is 1.19 bits per heavy atom. The number of piperidine rings is 1. The standard InChI is InChI=1S/C17H25N3O5S/c1-3-25-15-6-4-13(5-7-15)17(22)18-12-16(21)20-10-8-14(9-11-20)19-26(2,23)24/h4-7,14,19H,3,8-12H2,1-2H3,(H,18,22). The van der Waals surface area contributed by atoms with Crippen LogP contribution in [0.5, 0.6) is 5.75 Å². The van der Waals surface area contributed by atoms with E-state index in [1.807, 2.05) is 6.92 Å². The summed E-state index contributed by atoms with van der Waals surface area (Å²) in [6.45, 7) is 3.27. The molecule has 1 fully saturated rings. The zero-order valence-electron chi connectivity index (χ0n) is 15.0. The lowest BCUT2D eigenvalue weighted by molar-refractivity contribution is -0.131. The zero-order valence-corrected chi connectivity index (χ0v) is 15.8. The molecule has 2 N–H and O–H groups in total. The van der Waals surface area contributed by atoms with E-state index in [0.717, 1.165) is 6.26 Å². The first-order chi connectivity index (χ1) is 12.3. The van der Waals surface area contributed by atoms with Crippen molar-refractivity contribution in [1.29, 1.82) is 0 Å². The molecule has 0 spiro atoms. The molecule has 2 amide bonds. The van der Waals surface area contributed by atoms with Gasteiger partial charge < -0.3 is 15.0 Å². The first-order valence-corrected chi connectivity index (χ1v) is 10.4. The lowest BCUT2D eigenvalue weighted by atomic mass is 10.1. The number of amides is 2. The molecule has 1 saturated heterocycles. The van der Waals surface area contributed by atoms with Crippen molar-refractivity contribution < 1.29 is 22.7 Å². The zero-order chi connectivity index (χ0) is 19.2. The van der Waals surface area contributed by atoms with Gasteiger partial charge in [-0.1, -0.05) is 0 Å². The number of benzene rings is 1. The van der Waals surface area contributed by atoms with Gasteiger partial charge in [-0.3, -0.25) is 9.59 Å². The molecule has 1 heterocycles. The third-order valence-corrected chi connectivity index (χ3v) is 4.82. The van der Waals surface area contributed by atoms with E-state index in [-0.39, 0.29) is 24.4 Å². The molecule has 1 aromatic rings. The lowest BCUT2D eigenvalue weighted by Gasteiger charge is -2.32. The summed E-state index contributed by atoms with van der Waals surface area (Å²) < 4.78 is 30.4. The molecule has 8 nitrogen and oxygen atoms in total. The van der Waals surface area contributed by atoms with Gasteiger partial charge in [0.1, 0.15) is 5.75 Å². The van der Waals surface area contributed by atoms with Gasteiger partial charge in [-0.15, -0.1) is 0 Å². The van der Waals surface area contributed by atoms with E-state index in [1.165, 1.54) is 0 Å². The number of carbonyl (C=O) groups is 2. The van der Waals surface area contributed by atoms with Crippen LogP contribution in [0.4, 0.5) is 0 Å². The summed E-state index contributed by atoms with van der Waals surface area (Å²) in [5.41, 5.74) is 0.456. The second kappa shape index (κ2) is 9.00. The quantitative estimate of drug-likeness (QED) is 0.707. The average molecular weight is 383 g/mol. The topological polar surface area (TPSA) is 105 Å². The third kappa shape index (κ3) is 6.30. The number of nitrogens with zero attached hydrogens (tertiary/aromatic N) is 1. The summed E-state index contributed by atoms with van der Waals surface area (Å²) in [5.74, 6) is 0.183. The molecule has 0 bridgehead atoms. The first kappa shape index (κ1) is 20.2. The minimum absolute atomic E-state index is 0.0871. The van der Waals surface area contributed by atoms with Gasteiger partial charge in [-0.05, 0) is 44.0 Å². The fourth-order valence-electron chi connectivity index (χ4n) is 2.79. The average Bonchev–Trinajstić information content (AvgIpc) is 2.59. The second-order valence-corrected chi connectivity index (χ2v) is 7.97. The number of hydrogen-bond acceptors (Lipinski definition) is 5. The summed E-state index contributed by atoms with van der Waals surface area (Å²) in [6, 6.07) is 6.56. The maximum Gasteiger partial charge on any atom is 0.251 e. The maximum atomic E-state index is 12.2. The number of hydrogen-bond donors (Lipinski definition) is 2. The molecule has 1 aliphatic heterocycles. The van der Waals surface area contributed by atoms with Crippen LogP contribution in [0.2, 0.25) is 0 Å². The molecular weight excluding hydrogens is 358 g/mol. The fourth-order valence-corrected chi connectivity index (χ4v) is 3.63. The fraction of sp³-hybridized carbons (Fsp3) is 0.529. The highest BCUT2D eigenvalue weighted by Gasteiger charge is 2.24. The molecule has 144 valence electrons. The van der Waals surface area contributed by atoms with Crippen molar-refractivity contribution in [2.45, 2.75) is 25.8 Å². The molecule has 0 aromatic heterocycles. The van der Waals surface area contributed by atoms with E-state index in [1.54, 1.807) is 29.2 Å². The van der Waals surface area contributed by atoms with Crippen LogP contribution in [0.15, 0.2) is 24.3 Å². The first-order valence-electron chi connectivity index (χ1n) is 8.54. The highest BCUT2D eigenvalue weighted by atomic mass is 32.2. The number of ether oxygens (including phenoxy) is 1. The molecule has 0 saturated carbocycles. The number of carbonyl (C=O) groups excluding carboxylic acids is 2. The maximum absolute atomic E-state index is 12.2. The number of rotatable bonds is 7. The van der Waals surface area contributed by atoms with Crippen molar-refractivity contribution in [2.24, 2.45) is 0 Å². The van der Waals surface area contributed by atoms with Crippen LogP contribution >= 0.6 is 0 Å². The molecule has 26 heavy (non-hydrogen) atoms. The van der Waals surface area contributed by atoms with Gasteiger partial charge in [-0.25, -0.2) is 13.1 Å². The van der Waals surface area contributed by atoms with Gasteiger partial charge in [0.2, 0.25) is 15.9 Å². The van der Waals surface area contributed by atoms with Crippen LogP contribution in [0.1, 0.15) is 30.1 Å². The van der Waals surface area contributed by atoms with Gasteiger partial charge in [0.05, 0.1) is 19.4 Å². The smallest absolute Gasteiger partial charge is 0.251 e. The molecule has 1 aromatic carbocycles. The Hall–Kier alpha value is -2.13. The van der Waals surface area contributed by atoms with E-state index in [4.69, 9.17) is 4.74 Å². The molecular formula is C17H25N3O5S. The van der Waals surface area contributed by atoms with Crippen molar-refractivity contribution in [1.82, 2.24) is 14.9 Å². The SMILES string of the molecule is CCOc1ccc(C(=O)NCC(=O)N2CCC(NS(C)(=O)=O)CC2)cc1. The molecule has 0 aliphatic carbocycles. The Morgan fingerprint density at radius 2 is 1.81 bits per heavy atom. The monoisotopic (exact) mass is 383 g/mol. The van der Waals surface area contributed by atoms with Gasteiger partial charge >= 0.3 is 0 Å². The largest absolute Gasteiger partial charge is 0.494 e. The Morgan fingerprint density at radius 3 is 2.35 bits per heavy atom. The lowest BCUT2D eigenvalue weighted by Crippen LogP contribution is -2.48. The van der Waals surface area contributed by atoms with Crippen molar-refractivity contribution in [3.05, 3.63) is 29.8 Å².